The van der Waals surface area contributed by atoms with E-state index >= 15 is 0 Å². The van der Waals surface area contributed by atoms with Crippen LogP contribution in [0.15, 0.2) is 194 Å². The second-order valence-electron chi connectivity index (χ2n) is 15.3. The highest BCUT2D eigenvalue weighted by atomic mass is 15.0. The number of anilines is 1. The molecule has 1 heterocycles. The van der Waals surface area contributed by atoms with Gasteiger partial charge in [0, 0.05) is 27.9 Å². The smallest absolute Gasteiger partial charge is 0.164 e. The molecule has 10 aromatic rings. The summed E-state index contributed by atoms with van der Waals surface area (Å²) in [5, 5.41) is 4.49. The van der Waals surface area contributed by atoms with Crippen molar-refractivity contribution in [2.24, 2.45) is 0 Å². The van der Waals surface area contributed by atoms with Crippen LogP contribution in [0.2, 0.25) is 0 Å². The summed E-state index contributed by atoms with van der Waals surface area (Å²) in [6.07, 6.45) is 0. The van der Waals surface area contributed by atoms with Crippen molar-refractivity contribution in [2.45, 2.75) is 5.41 Å². The summed E-state index contributed by atoms with van der Waals surface area (Å²) in [5.41, 5.74) is 22.4. The molecule has 4 nitrogen and oxygen atoms in total. The molecule has 0 saturated carbocycles. The number of nitrogen functional groups attached to an aromatic ring is 1. The first-order valence-corrected chi connectivity index (χ1v) is 19.7. The lowest BCUT2D eigenvalue weighted by Crippen LogP contribution is -2.25. The van der Waals surface area contributed by atoms with Crippen molar-refractivity contribution in [3.05, 3.63) is 216 Å². The average Bonchev–Trinajstić information content (AvgIpc) is 3.76. The van der Waals surface area contributed by atoms with E-state index in [1.807, 2.05) is 6.07 Å². The van der Waals surface area contributed by atoms with Gasteiger partial charge in [-0.2, -0.15) is 0 Å². The minimum Gasteiger partial charge on any atom is -0.398 e. The van der Waals surface area contributed by atoms with Crippen molar-refractivity contribution < 1.29 is 0 Å². The SMILES string of the molecule is Nc1cccc2c1-c1cc(-c3ccc(-c4nc(-c5cccc6ccccc56)nc(-c5cccc6ccccc56)n4)cc3)ccc1C21c2ccccc2-c2ccccc21. The van der Waals surface area contributed by atoms with Crippen molar-refractivity contribution in [2.75, 3.05) is 5.73 Å². The van der Waals surface area contributed by atoms with E-state index in [0.29, 0.717) is 17.5 Å². The minimum atomic E-state index is -0.433. The Kier molecular flexibility index (Phi) is 6.96. The summed E-state index contributed by atoms with van der Waals surface area (Å²) >= 11 is 0. The second-order valence-corrected chi connectivity index (χ2v) is 15.3. The highest BCUT2D eigenvalue weighted by Gasteiger charge is 2.52. The van der Waals surface area contributed by atoms with Crippen molar-refractivity contribution in [3.63, 3.8) is 0 Å². The molecule has 0 bridgehead atoms. The molecule has 0 fully saturated rings. The molecule has 4 heteroatoms. The highest BCUT2D eigenvalue weighted by molar-refractivity contribution is 6.00. The van der Waals surface area contributed by atoms with Crippen LogP contribution in [0.1, 0.15) is 22.3 Å². The number of nitrogens with zero attached hydrogens (tertiary/aromatic N) is 3. The van der Waals surface area contributed by atoms with Crippen LogP contribution in [-0.2, 0) is 5.41 Å². The molecular weight excluding hydrogens is 705 g/mol. The van der Waals surface area contributed by atoms with E-state index in [9.17, 15) is 0 Å². The van der Waals surface area contributed by atoms with E-state index in [0.717, 1.165) is 60.6 Å². The number of hydrogen-bond acceptors (Lipinski definition) is 4. The van der Waals surface area contributed by atoms with Gasteiger partial charge >= 0.3 is 0 Å². The van der Waals surface area contributed by atoms with Gasteiger partial charge in [-0.25, -0.2) is 15.0 Å². The Bertz CT molecular complexity index is 3160. The standard InChI is InChI=1S/C54H34N4/c55-49-25-11-24-48-50(49)44-32-37(30-31-47(44)54(48)45-22-7-5-18-40(45)41-19-6-8-23-46(41)54)33-26-28-36(29-27-33)51-56-52(42-20-9-14-34-12-1-3-16-38(34)42)58-53(57-51)43-21-10-15-35-13-2-4-17-39(35)43/h1-32H,55H2. The van der Waals surface area contributed by atoms with Crippen LogP contribution in [0.4, 0.5) is 5.69 Å². The number of hydrogen-bond donors (Lipinski definition) is 1. The fourth-order valence-corrected chi connectivity index (χ4v) is 9.80. The van der Waals surface area contributed by atoms with Crippen LogP contribution in [0.25, 0.3) is 89.1 Å². The fourth-order valence-electron chi connectivity index (χ4n) is 9.80. The largest absolute Gasteiger partial charge is 0.398 e. The zero-order valence-corrected chi connectivity index (χ0v) is 31.4. The first-order chi connectivity index (χ1) is 28.7. The van der Waals surface area contributed by atoms with Crippen LogP contribution in [0, 0.1) is 0 Å². The third-order valence-corrected chi connectivity index (χ3v) is 12.3. The van der Waals surface area contributed by atoms with Gasteiger partial charge in [0.2, 0.25) is 0 Å². The molecule has 0 radical (unpaired) electrons. The van der Waals surface area contributed by atoms with Crippen molar-refractivity contribution in [1.29, 1.82) is 0 Å². The van der Waals surface area contributed by atoms with Crippen molar-refractivity contribution in [3.8, 4) is 67.5 Å². The van der Waals surface area contributed by atoms with E-state index in [4.69, 9.17) is 20.7 Å². The molecule has 12 rings (SSSR count). The highest BCUT2D eigenvalue weighted by Crippen LogP contribution is 2.63. The molecule has 2 N–H and O–H groups in total. The Balaban J connectivity index is 0.999. The molecule has 9 aromatic carbocycles. The van der Waals surface area contributed by atoms with Gasteiger partial charge in [0.05, 0.1) is 5.41 Å². The van der Waals surface area contributed by atoms with Gasteiger partial charge in [-0.1, -0.05) is 182 Å². The Morgan fingerprint density at radius 1 is 0.328 bits per heavy atom. The van der Waals surface area contributed by atoms with E-state index in [1.165, 1.54) is 38.9 Å². The Morgan fingerprint density at radius 2 is 0.776 bits per heavy atom. The van der Waals surface area contributed by atoms with E-state index in [-0.39, 0.29) is 0 Å². The molecule has 0 amide bonds. The third-order valence-electron chi connectivity index (χ3n) is 12.3. The Labute approximate surface area is 336 Å². The van der Waals surface area contributed by atoms with Gasteiger partial charge in [-0.3, -0.25) is 0 Å². The van der Waals surface area contributed by atoms with E-state index in [1.54, 1.807) is 0 Å². The number of fused-ring (bicyclic) bond motifs is 12. The molecule has 58 heavy (non-hydrogen) atoms. The maximum Gasteiger partial charge on any atom is 0.164 e. The van der Waals surface area contributed by atoms with Gasteiger partial charge in [-0.15, -0.1) is 0 Å². The third kappa shape index (κ3) is 4.60. The maximum absolute atomic E-state index is 6.90. The molecule has 2 aliphatic rings. The molecule has 1 aromatic heterocycles. The van der Waals surface area contributed by atoms with Crippen LogP contribution in [0.3, 0.4) is 0 Å². The molecule has 0 atom stereocenters. The zero-order chi connectivity index (χ0) is 38.4. The fraction of sp³-hybridized carbons (Fsp3) is 0.0185. The van der Waals surface area contributed by atoms with Crippen molar-refractivity contribution >= 4 is 27.2 Å². The first-order valence-electron chi connectivity index (χ1n) is 19.7. The maximum atomic E-state index is 6.90. The number of rotatable bonds is 4. The van der Waals surface area contributed by atoms with Gasteiger partial charge < -0.3 is 5.73 Å². The minimum absolute atomic E-state index is 0.433. The first kappa shape index (κ1) is 32.5. The normalized spacial score (nSPS) is 13.0. The summed E-state index contributed by atoms with van der Waals surface area (Å²) < 4.78 is 0. The number of benzene rings is 9. The quantitative estimate of drug-likeness (QED) is 0.183. The van der Waals surface area contributed by atoms with Gasteiger partial charge in [0.1, 0.15) is 0 Å². The molecule has 2 aliphatic carbocycles. The number of nitrogens with two attached hydrogens (primary N) is 1. The Morgan fingerprint density at radius 3 is 1.41 bits per heavy atom. The van der Waals surface area contributed by atoms with Gasteiger partial charge in [0.15, 0.2) is 17.5 Å². The van der Waals surface area contributed by atoms with E-state index in [2.05, 4.69) is 188 Å². The predicted molar refractivity (Wildman–Crippen MR) is 237 cm³/mol. The molecular formula is C54H34N4. The van der Waals surface area contributed by atoms with Crippen LogP contribution in [0.5, 0.6) is 0 Å². The van der Waals surface area contributed by atoms with Crippen molar-refractivity contribution in [1.82, 2.24) is 15.0 Å². The summed E-state index contributed by atoms with van der Waals surface area (Å²) in [4.78, 5) is 15.5. The van der Waals surface area contributed by atoms with E-state index < -0.39 is 5.41 Å². The predicted octanol–water partition coefficient (Wildman–Crippen LogP) is 12.8. The van der Waals surface area contributed by atoms with Crippen LogP contribution < -0.4 is 5.73 Å². The molecule has 0 saturated heterocycles. The molecule has 1 spiro atoms. The van der Waals surface area contributed by atoms with Gasteiger partial charge in [0.25, 0.3) is 0 Å². The summed E-state index contributed by atoms with van der Waals surface area (Å²) in [6.45, 7) is 0. The summed E-state index contributed by atoms with van der Waals surface area (Å²) in [5.74, 6) is 1.92. The summed E-state index contributed by atoms with van der Waals surface area (Å²) in [6, 6.07) is 69.0. The topological polar surface area (TPSA) is 64.7 Å². The van der Waals surface area contributed by atoms with Crippen LogP contribution >= 0.6 is 0 Å². The molecule has 270 valence electrons. The molecule has 0 aliphatic heterocycles. The average molecular weight is 739 g/mol. The zero-order valence-electron chi connectivity index (χ0n) is 31.4. The van der Waals surface area contributed by atoms with Gasteiger partial charge in [-0.05, 0) is 83.7 Å². The lowest BCUT2D eigenvalue weighted by Gasteiger charge is -2.30. The lowest BCUT2D eigenvalue weighted by molar-refractivity contribution is 0.794. The molecule has 0 unspecified atom stereocenters. The lowest BCUT2D eigenvalue weighted by atomic mass is 9.70. The summed E-state index contributed by atoms with van der Waals surface area (Å²) in [7, 11) is 0. The monoisotopic (exact) mass is 738 g/mol. The van der Waals surface area contributed by atoms with Crippen LogP contribution in [-0.4, -0.2) is 15.0 Å². The second kappa shape index (κ2) is 12.4. The number of aromatic nitrogens is 3. The Hall–Kier alpha value is -7.69.